The zero-order chi connectivity index (χ0) is 9.84. The highest BCUT2D eigenvalue weighted by Gasteiger charge is 2.26. The summed E-state index contributed by atoms with van der Waals surface area (Å²) in [7, 11) is 0. The third kappa shape index (κ3) is 2.83. The predicted octanol–water partition coefficient (Wildman–Crippen LogP) is 1.86. The number of hydrogen-bond acceptors (Lipinski definition) is 2. The maximum Gasteiger partial charge on any atom is 0.306 e. The highest BCUT2D eigenvalue weighted by atomic mass is 16.4. The number of Topliss-reactive ketones (excluding diaryl/α,β-unsaturated/α-hetero) is 1. The van der Waals surface area contributed by atoms with Crippen molar-refractivity contribution in [1.82, 2.24) is 0 Å². The van der Waals surface area contributed by atoms with Crippen LogP contribution in [0.2, 0.25) is 0 Å². The van der Waals surface area contributed by atoms with Crippen molar-refractivity contribution in [2.24, 2.45) is 11.8 Å². The van der Waals surface area contributed by atoms with Crippen LogP contribution in [0.3, 0.4) is 0 Å². The van der Waals surface area contributed by atoms with Gasteiger partial charge in [0.1, 0.15) is 5.78 Å². The van der Waals surface area contributed by atoms with Gasteiger partial charge < -0.3 is 5.11 Å². The summed E-state index contributed by atoms with van der Waals surface area (Å²) in [5.74, 6) is -0.898. The summed E-state index contributed by atoms with van der Waals surface area (Å²) in [6.07, 6.45) is 4.11. The summed E-state index contributed by atoms with van der Waals surface area (Å²) >= 11 is 0. The summed E-state index contributed by atoms with van der Waals surface area (Å²) in [6.45, 7) is 1.67. The molecule has 0 heterocycles. The van der Waals surface area contributed by atoms with Gasteiger partial charge in [0.15, 0.2) is 0 Å². The second-order valence-corrected chi connectivity index (χ2v) is 3.88. The van der Waals surface area contributed by atoms with E-state index in [9.17, 15) is 9.59 Å². The Morgan fingerprint density at radius 1 is 1.62 bits per heavy atom. The molecule has 2 atom stereocenters. The number of carboxylic acid groups (broad SMARTS) is 1. The highest BCUT2D eigenvalue weighted by molar-refractivity contribution is 5.82. The molecule has 74 valence electrons. The van der Waals surface area contributed by atoms with Crippen LogP contribution in [-0.4, -0.2) is 16.9 Å². The van der Waals surface area contributed by atoms with Crippen LogP contribution >= 0.6 is 0 Å². The minimum absolute atomic E-state index is 0.0137. The van der Waals surface area contributed by atoms with Crippen molar-refractivity contribution in [1.29, 1.82) is 0 Å². The topological polar surface area (TPSA) is 54.4 Å². The number of ketones is 1. The number of carbonyl (C=O) groups excluding carboxylic acids is 1. The van der Waals surface area contributed by atoms with E-state index in [1.165, 1.54) is 0 Å². The van der Waals surface area contributed by atoms with Crippen LogP contribution in [0.25, 0.3) is 0 Å². The first kappa shape index (κ1) is 10.2. The maximum absolute atomic E-state index is 11.4. The SMILES string of the molecule is CC(CC1CCCCC1=O)C(=O)O. The normalized spacial score (nSPS) is 25.6. The fraction of sp³-hybridized carbons (Fsp3) is 0.800. The molecule has 1 fully saturated rings. The average molecular weight is 184 g/mol. The molecular formula is C10H16O3. The standard InChI is InChI=1S/C10H16O3/c1-7(10(12)13)6-8-4-2-3-5-9(8)11/h7-8H,2-6H2,1H3,(H,12,13). The third-order valence-electron chi connectivity index (χ3n) is 2.74. The van der Waals surface area contributed by atoms with Crippen LogP contribution in [0.5, 0.6) is 0 Å². The fourth-order valence-corrected chi connectivity index (χ4v) is 1.83. The molecule has 0 aromatic carbocycles. The number of rotatable bonds is 3. The highest BCUT2D eigenvalue weighted by Crippen LogP contribution is 2.26. The third-order valence-corrected chi connectivity index (χ3v) is 2.74. The summed E-state index contributed by atoms with van der Waals surface area (Å²) in [4.78, 5) is 21.9. The molecule has 0 aromatic heterocycles. The van der Waals surface area contributed by atoms with Crippen molar-refractivity contribution < 1.29 is 14.7 Å². The zero-order valence-electron chi connectivity index (χ0n) is 7.95. The molecule has 13 heavy (non-hydrogen) atoms. The molecule has 1 aliphatic carbocycles. The van der Waals surface area contributed by atoms with Crippen LogP contribution in [0, 0.1) is 11.8 Å². The van der Waals surface area contributed by atoms with Crippen molar-refractivity contribution in [3.05, 3.63) is 0 Å². The van der Waals surface area contributed by atoms with Gasteiger partial charge in [-0.1, -0.05) is 13.3 Å². The van der Waals surface area contributed by atoms with E-state index < -0.39 is 5.97 Å². The van der Waals surface area contributed by atoms with Gasteiger partial charge in [0.05, 0.1) is 5.92 Å². The first-order valence-electron chi connectivity index (χ1n) is 4.86. The molecule has 3 nitrogen and oxygen atoms in total. The summed E-state index contributed by atoms with van der Waals surface area (Å²) in [5, 5.41) is 8.69. The summed E-state index contributed by atoms with van der Waals surface area (Å²) in [5.41, 5.74) is 0. The molecule has 0 radical (unpaired) electrons. The second-order valence-electron chi connectivity index (χ2n) is 3.88. The number of carbonyl (C=O) groups is 2. The Balaban J connectivity index is 2.42. The van der Waals surface area contributed by atoms with Crippen LogP contribution < -0.4 is 0 Å². The molecular weight excluding hydrogens is 168 g/mol. The van der Waals surface area contributed by atoms with Gasteiger partial charge in [-0.3, -0.25) is 9.59 Å². The van der Waals surface area contributed by atoms with E-state index in [2.05, 4.69) is 0 Å². The molecule has 1 N–H and O–H groups in total. The number of aliphatic carboxylic acids is 1. The largest absolute Gasteiger partial charge is 0.481 e. The molecule has 0 saturated heterocycles. The van der Waals surface area contributed by atoms with Crippen molar-refractivity contribution in [2.45, 2.75) is 39.0 Å². The molecule has 0 spiro atoms. The van der Waals surface area contributed by atoms with E-state index in [0.717, 1.165) is 19.3 Å². The van der Waals surface area contributed by atoms with Crippen molar-refractivity contribution in [2.75, 3.05) is 0 Å². The van der Waals surface area contributed by atoms with Gasteiger partial charge in [-0.15, -0.1) is 0 Å². The smallest absolute Gasteiger partial charge is 0.306 e. The Bertz CT molecular complexity index is 210. The minimum Gasteiger partial charge on any atom is -0.481 e. The first-order valence-corrected chi connectivity index (χ1v) is 4.86. The lowest BCUT2D eigenvalue weighted by molar-refractivity contribution is -0.142. The Hall–Kier alpha value is -0.860. The molecule has 1 aliphatic rings. The van der Waals surface area contributed by atoms with E-state index in [1.807, 2.05) is 0 Å². The van der Waals surface area contributed by atoms with Gasteiger partial charge in [0.2, 0.25) is 0 Å². The molecule has 0 aromatic rings. The molecule has 0 amide bonds. The van der Waals surface area contributed by atoms with Crippen molar-refractivity contribution >= 4 is 11.8 Å². The maximum atomic E-state index is 11.4. The van der Waals surface area contributed by atoms with Crippen LogP contribution in [0.4, 0.5) is 0 Å². The molecule has 0 aliphatic heterocycles. The molecule has 1 rings (SSSR count). The van der Waals surface area contributed by atoms with E-state index in [4.69, 9.17) is 5.11 Å². The van der Waals surface area contributed by atoms with Crippen LogP contribution in [0.1, 0.15) is 39.0 Å². The number of hydrogen-bond donors (Lipinski definition) is 1. The minimum atomic E-state index is -0.793. The lowest BCUT2D eigenvalue weighted by Crippen LogP contribution is -2.23. The zero-order valence-corrected chi connectivity index (χ0v) is 7.95. The van der Waals surface area contributed by atoms with Crippen LogP contribution in [0.15, 0.2) is 0 Å². The van der Waals surface area contributed by atoms with Crippen molar-refractivity contribution in [3.63, 3.8) is 0 Å². The monoisotopic (exact) mass is 184 g/mol. The Morgan fingerprint density at radius 3 is 2.85 bits per heavy atom. The molecule has 2 unspecified atom stereocenters. The van der Waals surface area contributed by atoms with Crippen molar-refractivity contribution in [3.8, 4) is 0 Å². The van der Waals surface area contributed by atoms with Gasteiger partial charge in [-0.2, -0.15) is 0 Å². The second kappa shape index (κ2) is 4.40. The lowest BCUT2D eigenvalue weighted by atomic mass is 9.82. The van der Waals surface area contributed by atoms with E-state index >= 15 is 0 Å². The van der Waals surface area contributed by atoms with E-state index in [1.54, 1.807) is 6.92 Å². The average Bonchev–Trinajstić information content (AvgIpc) is 2.08. The van der Waals surface area contributed by atoms with Gasteiger partial charge >= 0.3 is 5.97 Å². The summed E-state index contributed by atoms with van der Waals surface area (Å²) < 4.78 is 0. The quantitative estimate of drug-likeness (QED) is 0.728. The predicted molar refractivity (Wildman–Crippen MR) is 48.4 cm³/mol. The van der Waals surface area contributed by atoms with E-state index in [-0.39, 0.29) is 17.6 Å². The number of carboxylic acids is 1. The lowest BCUT2D eigenvalue weighted by Gasteiger charge is -2.21. The Morgan fingerprint density at radius 2 is 2.31 bits per heavy atom. The Labute approximate surface area is 78.1 Å². The fourth-order valence-electron chi connectivity index (χ4n) is 1.83. The van der Waals surface area contributed by atoms with Gasteiger partial charge in [-0.25, -0.2) is 0 Å². The Kier molecular flexibility index (Phi) is 3.46. The van der Waals surface area contributed by atoms with Crippen LogP contribution in [-0.2, 0) is 9.59 Å². The first-order chi connectivity index (χ1) is 6.11. The van der Waals surface area contributed by atoms with Gasteiger partial charge in [0, 0.05) is 12.3 Å². The molecule has 3 heteroatoms. The molecule has 0 bridgehead atoms. The molecule has 1 saturated carbocycles. The van der Waals surface area contributed by atoms with E-state index in [0.29, 0.717) is 12.8 Å². The van der Waals surface area contributed by atoms with Gasteiger partial charge in [-0.05, 0) is 19.3 Å². The summed E-state index contributed by atoms with van der Waals surface area (Å²) in [6, 6.07) is 0. The van der Waals surface area contributed by atoms with Gasteiger partial charge in [0.25, 0.3) is 0 Å².